The first kappa shape index (κ1) is 19.4. The number of carbonyl (C=O) groups is 1. The molecule has 0 saturated heterocycles. The van der Waals surface area contributed by atoms with Gasteiger partial charge in [-0.15, -0.1) is 11.3 Å². The van der Waals surface area contributed by atoms with Crippen LogP contribution in [-0.2, 0) is 10.2 Å². The van der Waals surface area contributed by atoms with Gasteiger partial charge in [-0.3, -0.25) is 0 Å². The summed E-state index contributed by atoms with van der Waals surface area (Å²) in [6.07, 6.45) is 7.87. The number of phenolic OH excluding ortho intramolecular Hbond substituents is 1. The molecule has 7 rings (SSSR count). The molecule has 4 saturated carbocycles. The molecule has 4 aliphatic carbocycles. The molecule has 0 radical (unpaired) electrons. The molecule has 0 unspecified atom stereocenters. The van der Waals surface area contributed by atoms with E-state index < -0.39 is 0 Å². The van der Waals surface area contributed by atoms with Crippen LogP contribution >= 0.6 is 11.3 Å². The number of thiophene rings is 1. The average Bonchev–Trinajstić information content (AvgIpc) is 3.22. The topological polar surface area (TPSA) is 46.5 Å². The minimum atomic E-state index is -0.267. The third-order valence-corrected chi connectivity index (χ3v) is 8.95. The summed E-state index contributed by atoms with van der Waals surface area (Å²) >= 11 is 1.58. The molecule has 4 fully saturated rings. The van der Waals surface area contributed by atoms with Gasteiger partial charge in [0.1, 0.15) is 5.75 Å². The molecule has 0 amide bonds. The van der Waals surface area contributed by atoms with Gasteiger partial charge in [0, 0.05) is 15.8 Å². The largest absolute Gasteiger partial charge is 0.508 e. The van der Waals surface area contributed by atoms with Crippen molar-refractivity contribution in [3.05, 3.63) is 52.9 Å². The van der Waals surface area contributed by atoms with Crippen LogP contribution in [0.25, 0.3) is 21.2 Å². The van der Waals surface area contributed by atoms with Crippen LogP contribution in [0.15, 0.2) is 41.8 Å². The second-order valence-electron chi connectivity index (χ2n) is 10.0. The molecule has 0 spiro atoms. The van der Waals surface area contributed by atoms with Crippen LogP contribution in [0, 0.1) is 17.8 Å². The minimum Gasteiger partial charge on any atom is -0.508 e. The molecule has 1 heterocycles. The molecule has 3 aromatic rings. The van der Waals surface area contributed by atoms with Gasteiger partial charge < -0.3 is 9.84 Å². The maximum atomic E-state index is 12.2. The highest BCUT2D eigenvalue weighted by molar-refractivity contribution is 7.14. The zero-order valence-corrected chi connectivity index (χ0v) is 18.7. The molecule has 0 aliphatic heterocycles. The summed E-state index contributed by atoms with van der Waals surface area (Å²) in [6, 6.07) is 12.4. The average molecular weight is 433 g/mol. The van der Waals surface area contributed by atoms with Crippen LogP contribution in [0.1, 0.15) is 61.4 Å². The Labute approximate surface area is 187 Å². The van der Waals surface area contributed by atoms with E-state index in [1.165, 1.54) is 43.9 Å². The number of rotatable bonds is 4. The predicted octanol–water partition coefficient (Wildman–Crippen LogP) is 6.92. The van der Waals surface area contributed by atoms with Crippen molar-refractivity contribution in [3.63, 3.8) is 0 Å². The molecular weight excluding hydrogens is 404 g/mol. The van der Waals surface area contributed by atoms with Crippen LogP contribution in [0.4, 0.5) is 0 Å². The number of aromatic hydroxyl groups is 1. The number of ether oxygens (including phenoxy) is 1. The smallest absolute Gasteiger partial charge is 0.338 e. The number of phenols is 1. The standard InChI is InChI=1S/C27H28O3S/c1-2-30-26(29)20-10-25(31-15-20)21-5-3-4-19-9-24(28)23(11-22(19)21)27-12-16-6-17(13-27)8-18(7-16)14-27/h3-5,9-11,15-18,28H,2,6-8,12-14H2,1H3. The predicted molar refractivity (Wildman–Crippen MR) is 125 cm³/mol. The summed E-state index contributed by atoms with van der Waals surface area (Å²) in [5.41, 5.74) is 3.04. The van der Waals surface area contributed by atoms with Gasteiger partial charge in [0.05, 0.1) is 12.2 Å². The fraction of sp³-hybridized carbons (Fsp3) is 0.444. The maximum absolute atomic E-state index is 12.2. The van der Waals surface area contributed by atoms with Gasteiger partial charge in [-0.05, 0) is 103 Å². The molecule has 4 aliphatic rings. The normalized spacial score (nSPS) is 28.9. The minimum absolute atomic E-state index is 0.145. The molecule has 31 heavy (non-hydrogen) atoms. The van der Waals surface area contributed by atoms with Gasteiger partial charge >= 0.3 is 5.97 Å². The fourth-order valence-corrected chi connectivity index (χ4v) is 8.11. The summed E-state index contributed by atoms with van der Waals surface area (Å²) in [6.45, 7) is 2.21. The van der Waals surface area contributed by atoms with Crippen LogP contribution in [0.3, 0.4) is 0 Å². The number of hydrogen-bond donors (Lipinski definition) is 1. The van der Waals surface area contributed by atoms with Crippen molar-refractivity contribution < 1.29 is 14.6 Å². The Morgan fingerprint density at radius 1 is 1.10 bits per heavy atom. The molecular formula is C27H28O3S. The fourth-order valence-electron chi connectivity index (χ4n) is 7.19. The first-order valence-electron chi connectivity index (χ1n) is 11.6. The lowest BCUT2D eigenvalue weighted by Crippen LogP contribution is -2.48. The Morgan fingerprint density at radius 2 is 1.81 bits per heavy atom. The third-order valence-electron chi connectivity index (χ3n) is 7.98. The van der Waals surface area contributed by atoms with Crippen molar-refractivity contribution in [2.24, 2.45) is 17.8 Å². The van der Waals surface area contributed by atoms with E-state index in [1.54, 1.807) is 11.3 Å². The van der Waals surface area contributed by atoms with Gasteiger partial charge in [0.15, 0.2) is 0 Å². The van der Waals surface area contributed by atoms with E-state index in [-0.39, 0.29) is 11.4 Å². The van der Waals surface area contributed by atoms with Crippen LogP contribution < -0.4 is 0 Å². The molecule has 0 atom stereocenters. The quantitative estimate of drug-likeness (QED) is 0.455. The van der Waals surface area contributed by atoms with Crippen molar-refractivity contribution >= 4 is 28.1 Å². The summed E-state index contributed by atoms with van der Waals surface area (Å²) in [4.78, 5) is 13.2. The molecule has 1 N–H and O–H groups in total. The zero-order valence-electron chi connectivity index (χ0n) is 17.9. The molecule has 4 heteroatoms. The van der Waals surface area contributed by atoms with Gasteiger partial charge in [-0.2, -0.15) is 0 Å². The molecule has 1 aromatic heterocycles. The Balaban J connectivity index is 1.46. The van der Waals surface area contributed by atoms with Crippen LogP contribution in [0.5, 0.6) is 5.75 Å². The highest BCUT2D eigenvalue weighted by Crippen LogP contribution is 2.62. The lowest BCUT2D eigenvalue weighted by atomic mass is 9.48. The van der Waals surface area contributed by atoms with E-state index in [0.717, 1.165) is 39.1 Å². The van der Waals surface area contributed by atoms with E-state index in [9.17, 15) is 9.90 Å². The van der Waals surface area contributed by atoms with Gasteiger partial charge in [0.2, 0.25) is 0 Å². The van der Waals surface area contributed by atoms with E-state index in [2.05, 4.69) is 18.2 Å². The highest BCUT2D eigenvalue weighted by atomic mass is 32.1. The van der Waals surface area contributed by atoms with Crippen molar-refractivity contribution in [2.45, 2.75) is 50.9 Å². The second-order valence-corrected chi connectivity index (χ2v) is 10.9. The molecule has 3 nitrogen and oxygen atoms in total. The van der Waals surface area contributed by atoms with Crippen LogP contribution in [-0.4, -0.2) is 17.7 Å². The van der Waals surface area contributed by atoms with E-state index in [4.69, 9.17) is 4.74 Å². The Kier molecular flexibility index (Phi) is 4.43. The first-order valence-corrected chi connectivity index (χ1v) is 12.4. The number of hydrogen-bond acceptors (Lipinski definition) is 4. The lowest BCUT2D eigenvalue weighted by molar-refractivity contribution is -0.00606. The second kappa shape index (κ2) is 7.09. The van der Waals surface area contributed by atoms with Gasteiger partial charge in [0.25, 0.3) is 0 Å². The lowest BCUT2D eigenvalue weighted by Gasteiger charge is -2.57. The monoisotopic (exact) mass is 432 g/mol. The number of benzene rings is 2. The number of fused-ring (bicyclic) bond motifs is 1. The summed E-state index contributed by atoms with van der Waals surface area (Å²) in [5.74, 6) is 2.70. The Hall–Kier alpha value is -2.33. The van der Waals surface area contributed by atoms with E-state index in [1.807, 2.05) is 30.5 Å². The zero-order chi connectivity index (χ0) is 21.2. The number of carbonyl (C=O) groups excluding carboxylic acids is 1. The molecule has 4 bridgehead atoms. The maximum Gasteiger partial charge on any atom is 0.338 e. The third kappa shape index (κ3) is 3.10. The van der Waals surface area contributed by atoms with E-state index in [0.29, 0.717) is 17.9 Å². The van der Waals surface area contributed by atoms with Gasteiger partial charge in [-0.25, -0.2) is 4.79 Å². The molecule has 160 valence electrons. The van der Waals surface area contributed by atoms with Crippen molar-refractivity contribution in [1.82, 2.24) is 0 Å². The molecule has 2 aromatic carbocycles. The van der Waals surface area contributed by atoms with Crippen molar-refractivity contribution in [2.75, 3.05) is 6.61 Å². The number of esters is 1. The summed E-state index contributed by atoms with van der Waals surface area (Å²) in [5, 5.41) is 15.2. The Bertz CT molecular complexity index is 1140. The van der Waals surface area contributed by atoms with E-state index >= 15 is 0 Å². The SMILES string of the molecule is CCOC(=O)c1csc(-c2cccc3cc(O)c(C45CC6CC(CC(C6)C4)C5)cc23)c1. The van der Waals surface area contributed by atoms with Crippen molar-refractivity contribution in [3.8, 4) is 16.2 Å². The van der Waals surface area contributed by atoms with Crippen molar-refractivity contribution in [1.29, 1.82) is 0 Å². The Morgan fingerprint density at radius 3 is 2.48 bits per heavy atom. The first-order chi connectivity index (χ1) is 15.0. The van der Waals surface area contributed by atoms with Gasteiger partial charge in [-0.1, -0.05) is 18.2 Å². The summed E-state index contributed by atoms with van der Waals surface area (Å²) < 4.78 is 5.17. The highest BCUT2D eigenvalue weighted by Gasteiger charge is 2.52. The summed E-state index contributed by atoms with van der Waals surface area (Å²) in [7, 11) is 0. The van der Waals surface area contributed by atoms with Crippen LogP contribution in [0.2, 0.25) is 0 Å².